The number of pyridine rings is 2. The number of hydrogen-bond donors (Lipinski definition) is 4. The first kappa shape index (κ1) is 44.9. The van der Waals surface area contributed by atoms with Crippen LogP contribution in [0.4, 0.5) is 26.0 Å². The largest absolute Gasteiger partial charge is 0.374 e. The molecule has 4 aliphatic rings. The standard InChI is InChI=1S/C47H52F2N10O6S/c48-37-10-11-38(55-66(64,65)59-21-1-2-22-59)44(49)43(37)45(62)36-28-52-46-35(36)25-33(27-51-46)32-7-13-40(50-26-32)57-17-3-19-58(20-4-18-57)42(61)29-56-23-15-31(16-24-56)30-5-8-34(9-6-30)53-39-12-14-41(60)54-47(39)63/h5-11,13,25-28,31,39,53,55H,1-4,12,14-24,29H2,(H,51,52)(H,54,60,63). The summed E-state index contributed by atoms with van der Waals surface area (Å²) in [6.45, 7) is 5.39. The van der Waals surface area contributed by atoms with E-state index in [0.29, 0.717) is 73.4 Å². The van der Waals surface area contributed by atoms with Crippen molar-refractivity contribution in [3.63, 3.8) is 0 Å². The van der Waals surface area contributed by atoms with Crippen LogP contribution in [0.3, 0.4) is 0 Å². The highest BCUT2D eigenvalue weighted by atomic mass is 32.2. The SMILES string of the molecule is O=C1CCC(Nc2ccc(C3CCN(CC(=O)N4CCCN(c5ccc(-c6cnc7[nH]cc(C(=O)c8c(F)ccc(NS(=O)(=O)N9CCCC9)c8F)c7c6)cn5)CCC4)CC3)cc2)C(=O)N1. The van der Waals surface area contributed by atoms with E-state index >= 15 is 8.78 Å². The van der Waals surface area contributed by atoms with Crippen LogP contribution in [0.1, 0.15) is 78.8 Å². The quantitative estimate of drug-likeness (QED) is 0.0924. The number of halogens is 2. The molecule has 16 nitrogen and oxygen atoms in total. The van der Waals surface area contributed by atoms with Crippen molar-refractivity contribution in [2.24, 2.45) is 0 Å². The second-order valence-electron chi connectivity index (χ2n) is 17.4. The van der Waals surface area contributed by atoms with E-state index < -0.39 is 44.9 Å². The number of fused-ring (bicyclic) bond motifs is 1. The number of piperidine rings is 2. The molecule has 66 heavy (non-hydrogen) atoms. The van der Waals surface area contributed by atoms with Crippen molar-refractivity contribution in [2.45, 2.75) is 63.3 Å². The fourth-order valence-corrected chi connectivity index (χ4v) is 10.7. The molecule has 3 aromatic heterocycles. The first-order valence-electron chi connectivity index (χ1n) is 22.6. The Morgan fingerprint density at radius 2 is 1.53 bits per heavy atom. The number of aromatic nitrogens is 3. The zero-order valence-corrected chi connectivity index (χ0v) is 37.2. The summed E-state index contributed by atoms with van der Waals surface area (Å²) in [6, 6.07) is 15.1. The molecule has 346 valence electrons. The molecule has 2 aromatic carbocycles. The summed E-state index contributed by atoms with van der Waals surface area (Å²) in [5.41, 5.74) is 2.34. The van der Waals surface area contributed by atoms with Crippen molar-refractivity contribution in [1.82, 2.24) is 34.4 Å². The van der Waals surface area contributed by atoms with E-state index in [9.17, 15) is 27.6 Å². The predicted octanol–water partition coefficient (Wildman–Crippen LogP) is 5.41. The maximum Gasteiger partial charge on any atom is 0.301 e. The number of benzene rings is 2. The molecule has 4 saturated heterocycles. The van der Waals surface area contributed by atoms with Gasteiger partial charge in [-0.2, -0.15) is 12.7 Å². The lowest BCUT2D eigenvalue weighted by molar-refractivity contribution is -0.134. The first-order valence-corrected chi connectivity index (χ1v) is 24.0. The topological polar surface area (TPSA) is 193 Å². The molecule has 4 aliphatic heterocycles. The summed E-state index contributed by atoms with van der Waals surface area (Å²) in [6.07, 6.45) is 10.3. The molecule has 0 spiro atoms. The normalized spacial score (nSPS) is 19.4. The minimum Gasteiger partial charge on any atom is -0.374 e. The van der Waals surface area contributed by atoms with E-state index in [1.54, 1.807) is 18.5 Å². The van der Waals surface area contributed by atoms with Gasteiger partial charge in [-0.1, -0.05) is 12.1 Å². The number of imide groups is 1. The summed E-state index contributed by atoms with van der Waals surface area (Å²) >= 11 is 0. The van der Waals surface area contributed by atoms with Gasteiger partial charge in [0.15, 0.2) is 5.82 Å². The number of carbonyl (C=O) groups is 4. The van der Waals surface area contributed by atoms with Crippen LogP contribution in [-0.4, -0.2) is 126 Å². The monoisotopic (exact) mass is 922 g/mol. The first-order chi connectivity index (χ1) is 31.9. The number of nitrogens with one attached hydrogen (secondary N) is 4. The molecule has 1 unspecified atom stereocenters. The second-order valence-corrected chi connectivity index (χ2v) is 19.1. The molecule has 9 rings (SSSR count). The van der Waals surface area contributed by atoms with Crippen molar-refractivity contribution < 1.29 is 36.4 Å². The van der Waals surface area contributed by atoms with Gasteiger partial charge in [0.05, 0.1) is 17.8 Å². The van der Waals surface area contributed by atoms with E-state index in [2.05, 4.69) is 47.3 Å². The predicted molar refractivity (Wildman–Crippen MR) is 245 cm³/mol. The third-order valence-electron chi connectivity index (χ3n) is 13.1. The maximum absolute atomic E-state index is 15.8. The van der Waals surface area contributed by atoms with E-state index in [4.69, 9.17) is 4.98 Å². The summed E-state index contributed by atoms with van der Waals surface area (Å²) in [5, 5.41) is 5.95. The van der Waals surface area contributed by atoms with Gasteiger partial charge in [0, 0.05) is 92.0 Å². The summed E-state index contributed by atoms with van der Waals surface area (Å²) in [4.78, 5) is 69.4. The Balaban J connectivity index is 0.766. The molecule has 5 aromatic rings. The zero-order valence-electron chi connectivity index (χ0n) is 36.4. The molecule has 1 atom stereocenters. The van der Waals surface area contributed by atoms with E-state index in [1.807, 2.05) is 29.2 Å². The number of hydrogen-bond acceptors (Lipinski definition) is 11. The smallest absolute Gasteiger partial charge is 0.301 e. The summed E-state index contributed by atoms with van der Waals surface area (Å²) in [5.74, 6) is -2.58. The van der Waals surface area contributed by atoms with Crippen LogP contribution < -0.4 is 20.3 Å². The third-order valence-corrected chi connectivity index (χ3v) is 14.6. The van der Waals surface area contributed by atoms with Crippen LogP contribution in [0, 0.1) is 11.6 Å². The lowest BCUT2D eigenvalue weighted by Gasteiger charge is -2.35. The Morgan fingerprint density at radius 3 is 2.23 bits per heavy atom. The number of aromatic amines is 1. The van der Waals surface area contributed by atoms with Crippen LogP contribution in [0.5, 0.6) is 0 Å². The molecule has 4 N–H and O–H groups in total. The summed E-state index contributed by atoms with van der Waals surface area (Å²) in [7, 11) is -4.09. The van der Waals surface area contributed by atoms with E-state index in [0.717, 1.165) is 75.5 Å². The van der Waals surface area contributed by atoms with Crippen LogP contribution in [0.25, 0.3) is 22.2 Å². The Bertz CT molecular complexity index is 2730. The van der Waals surface area contributed by atoms with Gasteiger partial charge in [-0.25, -0.2) is 18.7 Å². The Hall–Kier alpha value is -6.31. The Kier molecular flexibility index (Phi) is 13.1. The number of carbonyl (C=O) groups excluding carboxylic acids is 4. The molecule has 7 heterocycles. The molecule has 19 heteroatoms. The zero-order chi connectivity index (χ0) is 46.0. The van der Waals surface area contributed by atoms with Crippen LogP contribution in [0.2, 0.25) is 0 Å². The van der Waals surface area contributed by atoms with Gasteiger partial charge in [-0.3, -0.25) is 34.1 Å². The van der Waals surface area contributed by atoms with Crippen molar-refractivity contribution in [2.75, 3.05) is 73.8 Å². The third kappa shape index (κ3) is 9.78. The number of ketones is 1. The lowest BCUT2D eigenvalue weighted by atomic mass is 9.89. The fourth-order valence-electron chi connectivity index (χ4n) is 9.41. The van der Waals surface area contributed by atoms with E-state index in [-0.39, 0.29) is 36.4 Å². The highest BCUT2D eigenvalue weighted by Crippen LogP contribution is 2.32. The van der Waals surface area contributed by atoms with Crippen molar-refractivity contribution >= 4 is 61.9 Å². The number of H-pyrrole nitrogens is 1. The number of nitrogens with zero attached hydrogens (tertiary/aromatic N) is 6. The number of amides is 3. The molecule has 0 aliphatic carbocycles. The maximum atomic E-state index is 15.8. The van der Waals surface area contributed by atoms with Gasteiger partial charge in [0.1, 0.15) is 23.3 Å². The van der Waals surface area contributed by atoms with E-state index in [1.165, 1.54) is 16.1 Å². The number of anilines is 3. The summed E-state index contributed by atoms with van der Waals surface area (Å²) < 4.78 is 59.9. The fraction of sp³-hybridized carbons (Fsp3) is 0.404. The minimum absolute atomic E-state index is 0.0266. The van der Waals surface area contributed by atoms with Crippen molar-refractivity contribution in [3.05, 3.63) is 102 Å². The molecule has 0 radical (unpaired) electrons. The van der Waals surface area contributed by atoms with Crippen LogP contribution in [0.15, 0.2) is 73.2 Å². The minimum atomic E-state index is -4.09. The van der Waals surface area contributed by atoms with Gasteiger partial charge >= 0.3 is 10.2 Å². The lowest BCUT2D eigenvalue weighted by Crippen LogP contribution is -2.47. The number of likely N-dealkylation sites (tertiary alicyclic amines) is 1. The molecule has 0 saturated carbocycles. The van der Waals surface area contributed by atoms with Crippen molar-refractivity contribution in [3.8, 4) is 11.1 Å². The van der Waals surface area contributed by atoms with Crippen LogP contribution in [-0.2, 0) is 24.6 Å². The van der Waals surface area contributed by atoms with Gasteiger partial charge in [0.25, 0.3) is 0 Å². The van der Waals surface area contributed by atoms with Gasteiger partial charge in [-0.15, -0.1) is 0 Å². The molecule has 4 fully saturated rings. The number of rotatable bonds is 12. The second kappa shape index (κ2) is 19.3. The van der Waals surface area contributed by atoms with Gasteiger partial charge in [0.2, 0.25) is 23.5 Å². The average Bonchev–Trinajstić information content (AvgIpc) is 4.01. The average molecular weight is 923 g/mol. The molecule has 0 bridgehead atoms. The molecular weight excluding hydrogens is 871 g/mol. The van der Waals surface area contributed by atoms with Gasteiger partial charge < -0.3 is 20.1 Å². The van der Waals surface area contributed by atoms with Crippen molar-refractivity contribution in [1.29, 1.82) is 0 Å². The Morgan fingerprint density at radius 1 is 0.803 bits per heavy atom. The molecular formula is C47H52F2N10O6S. The Labute approximate surface area is 381 Å². The highest BCUT2D eigenvalue weighted by molar-refractivity contribution is 7.90. The molecule has 3 amide bonds. The van der Waals surface area contributed by atoms with Gasteiger partial charge in [-0.05, 0) is 112 Å². The van der Waals surface area contributed by atoms with Crippen LogP contribution >= 0.6 is 0 Å². The highest BCUT2D eigenvalue weighted by Gasteiger charge is 2.31.